The van der Waals surface area contributed by atoms with E-state index in [4.69, 9.17) is 11.6 Å². The molecule has 0 radical (unpaired) electrons. The Morgan fingerprint density at radius 3 is 2.76 bits per heavy atom. The SMILES string of the molecule is Cc1nnsc1C(=O)c1c(Cl)cnn1C(C)C. The topological polar surface area (TPSA) is 60.7 Å². The van der Waals surface area contributed by atoms with Crippen LogP contribution in [0.5, 0.6) is 0 Å². The van der Waals surface area contributed by atoms with E-state index in [1.54, 1.807) is 11.6 Å². The molecule has 0 aromatic carbocycles. The van der Waals surface area contributed by atoms with Gasteiger partial charge in [-0.15, -0.1) is 5.10 Å². The van der Waals surface area contributed by atoms with Crippen molar-refractivity contribution in [3.05, 3.63) is 27.5 Å². The van der Waals surface area contributed by atoms with E-state index in [0.717, 1.165) is 11.5 Å². The number of hydrogen-bond acceptors (Lipinski definition) is 5. The largest absolute Gasteiger partial charge is 0.286 e. The zero-order chi connectivity index (χ0) is 12.6. The van der Waals surface area contributed by atoms with Crippen LogP contribution in [-0.4, -0.2) is 25.2 Å². The number of aromatic nitrogens is 4. The van der Waals surface area contributed by atoms with E-state index in [0.29, 0.717) is 21.3 Å². The molecule has 0 amide bonds. The summed E-state index contributed by atoms with van der Waals surface area (Å²) >= 11 is 7.09. The molecule has 0 saturated heterocycles. The average molecular weight is 271 g/mol. The third-order valence-electron chi connectivity index (χ3n) is 2.31. The fourth-order valence-electron chi connectivity index (χ4n) is 1.49. The summed E-state index contributed by atoms with van der Waals surface area (Å²) in [5, 5.41) is 8.29. The van der Waals surface area contributed by atoms with E-state index < -0.39 is 0 Å². The molecular weight excluding hydrogens is 260 g/mol. The van der Waals surface area contributed by atoms with Gasteiger partial charge in [0.15, 0.2) is 0 Å². The van der Waals surface area contributed by atoms with Gasteiger partial charge in [0, 0.05) is 6.04 Å². The monoisotopic (exact) mass is 270 g/mol. The number of carbonyl (C=O) groups excluding carboxylic acids is 1. The molecule has 90 valence electrons. The smallest absolute Gasteiger partial charge is 0.226 e. The van der Waals surface area contributed by atoms with Crippen molar-refractivity contribution in [2.45, 2.75) is 26.8 Å². The maximum atomic E-state index is 12.3. The molecule has 0 N–H and O–H groups in total. The zero-order valence-electron chi connectivity index (χ0n) is 9.64. The van der Waals surface area contributed by atoms with Crippen molar-refractivity contribution >= 4 is 28.9 Å². The lowest BCUT2D eigenvalue weighted by atomic mass is 10.2. The fourth-order valence-corrected chi connectivity index (χ4v) is 2.31. The van der Waals surface area contributed by atoms with Gasteiger partial charge in [0.1, 0.15) is 10.6 Å². The van der Waals surface area contributed by atoms with Crippen LogP contribution in [0.2, 0.25) is 5.02 Å². The van der Waals surface area contributed by atoms with Crippen LogP contribution in [0.25, 0.3) is 0 Å². The molecule has 0 aliphatic heterocycles. The normalized spacial score (nSPS) is 11.1. The van der Waals surface area contributed by atoms with Gasteiger partial charge in [-0.3, -0.25) is 9.48 Å². The standard InChI is InChI=1S/C10H11ClN4OS/c1-5(2)15-8(7(11)4-12-15)9(16)10-6(3)13-14-17-10/h4-5H,1-3H3. The van der Waals surface area contributed by atoms with Crippen molar-refractivity contribution in [3.63, 3.8) is 0 Å². The molecule has 0 aliphatic carbocycles. The minimum Gasteiger partial charge on any atom is -0.286 e. The highest BCUT2D eigenvalue weighted by molar-refractivity contribution is 7.08. The maximum Gasteiger partial charge on any atom is 0.226 e. The lowest BCUT2D eigenvalue weighted by Gasteiger charge is -2.09. The highest BCUT2D eigenvalue weighted by atomic mass is 35.5. The predicted molar refractivity (Wildman–Crippen MR) is 65.7 cm³/mol. The van der Waals surface area contributed by atoms with Crippen LogP contribution in [0, 0.1) is 6.92 Å². The highest BCUT2D eigenvalue weighted by Gasteiger charge is 2.23. The van der Waals surface area contributed by atoms with Crippen molar-refractivity contribution in [1.29, 1.82) is 0 Å². The van der Waals surface area contributed by atoms with Crippen LogP contribution in [0.3, 0.4) is 0 Å². The quantitative estimate of drug-likeness (QED) is 0.804. The first kappa shape index (κ1) is 12.2. The van der Waals surface area contributed by atoms with E-state index in [1.165, 1.54) is 6.20 Å². The third kappa shape index (κ3) is 2.10. The fraction of sp³-hybridized carbons (Fsp3) is 0.400. The third-order valence-corrected chi connectivity index (χ3v) is 3.42. The molecule has 2 aromatic rings. The minimum atomic E-state index is -0.172. The van der Waals surface area contributed by atoms with Gasteiger partial charge in [-0.2, -0.15) is 5.10 Å². The second-order valence-electron chi connectivity index (χ2n) is 3.90. The molecule has 0 unspecified atom stereocenters. The second kappa shape index (κ2) is 4.54. The number of ketones is 1. The van der Waals surface area contributed by atoms with Gasteiger partial charge in [0.2, 0.25) is 5.78 Å². The number of halogens is 1. The second-order valence-corrected chi connectivity index (χ2v) is 5.06. The number of hydrogen-bond donors (Lipinski definition) is 0. The van der Waals surface area contributed by atoms with Crippen LogP contribution in [-0.2, 0) is 0 Å². The van der Waals surface area contributed by atoms with E-state index in [2.05, 4.69) is 14.7 Å². The number of rotatable bonds is 3. The Morgan fingerprint density at radius 1 is 1.53 bits per heavy atom. The summed E-state index contributed by atoms with van der Waals surface area (Å²) in [7, 11) is 0. The van der Waals surface area contributed by atoms with Crippen LogP contribution in [0.15, 0.2) is 6.20 Å². The van der Waals surface area contributed by atoms with Gasteiger partial charge >= 0.3 is 0 Å². The Hall–Kier alpha value is -1.27. The summed E-state index contributed by atoms with van der Waals surface area (Å²) in [4.78, 5) is 12.8. The highest BCUT2D eigenvalue weighted by Crippen LogP contribution is 2.24. The molecule has 0 bridgehead atoms. The predicted octanol–water partition coefficient (Wildman–Crippen LogP) is 2.51. The Labute approximate surface area is 108 Å². The number of carbonyl (C=O) groups is 1. The van der Waals surface area contributed by atoms with Gasteiger partial charge in [-0.25, -0.2) is 0 Å². The van der Waals surface area contributed by atoms with Gasteiger partial charge in [-0.1, -0.05) is 16.1 Å². The van der Waals surface area contributed by atoms with Gasteiger partial charge in [0.05, 0.1) is 16.9 Å². The molecule has 7 heteroatoms. The molecule has 2 aromatic heterocycles. The molecule has 0 atom stereocenters. The molecule has 0 saturated carbocycles. The van der Waals surface area contributed by atoms with Gasteiger partial charge in [0.25, 0.3) is 0 Å². The van der Waals surface area contributed by atoms with Crippen molar-refractivity contribution in [2.24, 2.45) is 0 Å². The molecule has 2 heterocycles. The lowest BCUT2D eigenvalue weighted by Crippen LogP contribution is -2.13. The molecular formula is C10H11ClN4OS. The summed E-state index contributed by atoms with van der Waals surface area (Å²) in [6, 6.07) is 0.0719. The van der Waals surface area contributed by atoms with Crippen LogP contribution < -0.4 is 0 Å². The molecule has 0 aliphatic rings. The van der Waals surface area contributed by atoms with Gasteiger partial charge in [-0.05, 0) is 32.3 Å². The van der Waals surface area contributed by atoms with Crippen molar-refractivity contribution < 1.29 is 4.79 Å². The Balaban J connectivity index is 2.51. The summed E-state index contributed by atoms with van der Waals surface area (Å²) < 4.78 is 5.37. The van der Waals surface area contributed by atoms with Gasteiger partial charge < -0.3 is 0 Å². The first-order valence-electron chi connectivity index (χ1n) is 5.09. The minimum absolute atomic E-state index is 0.0719. The van der Waals surface area contributed by atoms with Crippen molar-refractivity contribution in [3.8, 4) is 0 Å². The van der Waals surface area contributed by atoms with E-state index in [1.807, 2.05) is 13.8 Å². The Morgan fingerprint density at radius 2 is 2.24 bits per heavy atom. The Kier molecular flexibility index (Phi) is 3.26. The van der Waals surface area contributed by atoms with E-state index in [-0.39, 0.29) is 11.8 Å². The van der Waals surface area contributed by atoms with Crippen LogP contribution >= 0.6 is 23.1 Å². The number of nitrogens with zero attached hydrogens (tertiary/aromatic N) is 4. The van der Waals surface area contributed by atoms with Crippen molar-refractivity contribution in [1.82, 2.24) is 19.4 Å². The summed E-state index contributed by atoms with van der Waals surface area (Å²) in [5.74, 6) is -0.172. The average Bonchev–Trinajstić information content (AvgIpc) is 2.83. The maximum absolute atomic E-state index is 12.3. The summed E-state index contributed by atoms with van der Waals surface area (Å²) in [5.41, 5.74) is 1.02. The van der Waals surface area contributed by atoms with Crippen LogP contribution in [0.4, 0.5) is 0 Å². The summed E-state index contributed by atoms with van der Waals surface area (Å²) in [6.45, 7) is 5.64. The Bertz CT molecular complexity index is 560. The van der Waals surface area contributed by atoms with E-state index >= 15 is 0 Å². The zero-order valence-corrected chi connectivity index (χ0v) is 11.2. The molecule has 0 fully saturated rings. The molecule has 2 rings (SSSR count). The van der Waals surface area contributed by atoms with Crippen molar-refractivity contribution in [2.75, 3.05) is 0 Å². The summed E-state index contributed by atoms with van der Waals surface area (Å²) in [6.07, 6.45) is 1.48. The number of aryl methyl sites for hydroxylation is 1. The first-order chi connectivity index (χ1) is 8.02. The van der Waals surface area contributed by atoms with Crippen LogP contribution in [0.1, 0.15) is 40.9 Å². The molecule has 0 spiro atoms. The molecule has 5 nitrogen and oxygen atoms in total. The van der Waals surface area contributed by atoms with E-state index in [9.17, 15) is 4.79 Å². The molecule has 17 heavy (non-hydrogen) atoms. The lowest BCUT2D eigenvalue weighted by molar-refractivity contribution is 0.103. The first-order valence-corrected chi connectivity index (χ1v) is 6.24.